The maximum atomic E-state index is 12.2. The lowest BCUT2D eigenvalue weighted by molar-refractivity contribution is -0.149. The third kappa shape index (κ3) is 2.92. The summed E-state index contributed by atoms with van der Waals surface area (Å²) in [6.07, 6.45) is 0. The molecule has 0 atom stereocenters. The van der Waals surface area contributed by atoms with Crippen molar-refractivity contribution in [3.05, 3.63) is 0 Å². The second-order valence-corrected chi connectivity index (χ2v) is 6.52. The number of nitrogens with zero attached hydrogens (tertiary/aromatic N) is 2. The van der Waals surface area contributed by atoms with E-state index in [2.05, 4.69) is 10.2 Å². The molecule has 2 rings (SSSR count). The highest BCUT2D eigenvalue weighted by Crippen LogP contribution is 2.23. The Morgan fingerprint density at radius 3 is 2.42 bits per heavy atom. The number of hydrogen-bond donors (Lipinski definition) is 1. The van der Waals surface area contributed by atoms with E-state index in [-0.39, 0.29) is 0 Å². The Bertz CT molecular complexity index is 405. The van der Waals surface area contributed by atoms with Crippen molar-refractivity contribution in [1.82, 2.24) is 15.1 Å². The van der Waals surface area contributed by atoms with Gasteiger partial charge in [-0.05, 0) is 13.8 Å². The summed E-state index contributed by atoms with van der Waals surface area (Å²) >= 11 is 1.92. The molecule has 0 aromatic heterocycles. The van der Waals surface area contributed by atoms with E-state index in [0.29, 0.717) is 13.1 Å². The predicted molar refractivity (Wildman–Crippen MR) is 72.8 cm³/mol. The van der Waals surface area contributed by atoms with Crippen LogP contribution in [0.1, 0.15) is 13.8 Å². The van der Waals surface area contributed by atoms with Crippen molar-refractivity contribution >= 4 is 29.6 Å². The van der Waals surface area contributed by atoms with Gasteiger partial charge in [0.25, 0.3) is 0 Å². The van der Waals surface area contributed by atoms with E-state index in [1.807, 2.05) is 11.8 Å². The van der Waals surface area contributed by atoms with Gasteiger partial charge in [0.15, 0.2) is 0 Å². The highest BCUT2D eigenvalue weighted by atomic mass is 32.2. The minimum Gasteiger partial charge on any atom is -0.300 e. The highest BCUT2D eigenvalue weighted by Gasteiger charge is 2.46. The second-order valence-electron chi connectivity index (χ2n) is 5.30. The first-order valence-corrected chi connectivity index (χ1v) is 7.56. The number of carbonyl (C=O) groups excluding carboxylic acids is 3. The van der Waals surface area contributed by atoms with Crippen molar-refractivity contribution in [3.8, 4) is 0 Å². The molecule has 2 heterocycles. The SMILES string of the molecule is CC1(C)C(=O)NC(=O)N(CCN2CCSCC2)C1=O. The van der Waals surface area contributed by atoms with Gasteiger partial charge in [-0.1, -0.05) is 0 Å². The molecule has 4 amide bonds. The molecule has 0 radical (unpaired) electrons. The molecule has 106 valence electrons. The van der Waals surface area contributed by atoms with Gasteiger partial charge in [0.2, 0.25) is 11.8 Å². The zero-order valence-electron chi connectivity index (χ0n) is 11.3. The first-order chi connectivity index (χ1) is 8.93. The van der Waals surface area contributed by atoms with Crippen LogP contribution in [0.2, 0.25) is 0 Å². The third-order valence-electron chi connectivity index (χ3n) is 3.56. The molecule has 2 aliphatic heterocycles. The van der Waals surface area contributed by atoms with Crippen LogP contribution in [0.3, 0.4) is 0 Å². The lowest BCUT2D eigenvalue weighted by atomic mass is 9.89. The van der Waals surface area contributed by atoms with Crippen molar-refractivity contribution in [2.45, 2.75) is 13.8 Å². The van der Waals surface area contributed by atoms with Crippen molar-refractivity contribution in [2.75, 3.05) is 37.7 Å². The first kappa shape index (κ1) is 14.3. The Kier molecular flexibility index (Phi) is 4.15. The average Bonchev–Trinajstić information content (AvgIpc) is 2.38. The second kappa shape index (κ2) is 5.50. The largest absolute Gasteiger partial charge is 0.330 e. The number of urea groups is 1. The van der Waals surface area contributed by atoms with Crippen molar-refractivity contribution in [2.24, 2.45) is 5.41 Å². The number of nitrogens with one attached hydrogen (secondary N) is 1. The summed E-state index contributed by atoms with van der Waals surface area (Å²) in [7, 11) is 0. The maximum Gasteiger partial charge on any atom is 0.330 e. The van der Waals surface area contributed by atoms with Crippen LogP contribution in [-0.2, 0) is 9.59 Å². The number of rotatable bonds is 3. The van der Waals surface area contributed by atoms with Crippen molar-refractivity contribution in [3.63, 3.8) is 0 Å². The van der Waals surface area contributed by atoms with E-state index in [4.69, 9.17) is 0 Å². The molecule has 0 aromatic rings. The monoisotopic (exact) mass is 285 g/mol. The number of barbiturate groups is 1. The Balaban J connectivity index is 1.96. The molecule has 0 aliphatic carbocycles. The van der Waals surface area contributed by atoms with Gasteiger partial charge in [-0.25, -0.2) is 4.79 Å². The molecule has 0 bridgehead atoms. The van der Waals surface area contributed by atoms with Gasteiger partial charge in [0.05, 0.1) is 0 Å². The molecule has 0 spiro atoms. The van der Waals surface area contributed by atoms with E-state index in [1.54, 1.807) is 13.8 Å². The molecule has 19 heavy (non-hydrogen) atoms. The Hall–Kier alpha value is -1.08. The molecule has 0 saturated carbocycles. The quantitative estimate of drug-likeness (QED) is 0.747. The van der Waals surface area contributed by atoms with Gasteiger partial charge in [0, 0.05) is 37.7 Å². The van der Waals surface area contributed by atoms with E-state index in [1.165, 1.54) is 0 Å². The molecule has 2 saturated heterocycles. The maximum absolute atomic E-state index is 12.2. The Morgan fingerprint density at radius 1 is 1.16 bits per heavy atom. The topological polar surface area (TPSA) is 69.7 Å². The summed E-state index contributed by atoms with van der Waals surface area (Å²) in [5.41, 5.74) is -1.16. The number of hydrogen-bond acceptors (Lipinski definition) is 5. The van der Waals surface area contributed by atoms with Crippen molar-refractivity contribution < 1.29 is 14.4 Å². The molecule has 1 N–H and O–H groups in total. The average molecular weight is 285 g/mol. The van der Waals surface area contributed by atoms with Crippen LogP contribution in [0.4, 0.5) is 4.79 Å². The van der Waals surface area contributed by atoms with Crippen LogP contribution < -0.4 is 5.32 Å². The number of carbonyl (C=O) groups is 3. The van der Waals surface area contributed by atoms with Gasteiger partial charge >= 0.3 is 6.03 Å². The zero-order valence-corrected chi connectivity index (χ0v) is 12.1. The van der Waals surface area contributed by atoms with Crippen LogP contribution in [0.25, 0.3) is 0 Å². The van der Waals surface area contributed by atoms with Crippen molar-refractivity contribution in [1.29, 1.82) is 0 Å². The minimum absolute atomic E-state index is 0.339. The minimum atomic E-state index is -1.16. The summed E-state index contributed by atoms with van der Waals surface area (Å²) in [6.45, 7) is 6.06. The lowest BCUT2D eigenvalue weighted by Gasteiger charge is -2.36. The fraction of sp³-hybridized carbons (Fsp3) is 0.750. The van der Waals surface area contributed by atoms with Gasteiger partial charge in [-0.15, -0.1) is 0 Å². The number of thioether (sulfide) groups is 1. The summed E-state index contributed by atoms with van der Waals surface area (Å²) in [5.74, 6) is 1.24. The Labute approximate surface area is 116 Å². The standard InChI is InChI=1S/C12H19N3O3S/c1-12(2)9(16)13-11(18)15(10(12)17)4-3-14-5-7-19-8-6-14/h3-8H2,1-2H3,(H,13,16,18). The molecule has 0 unspecified atom stereocenters. The van der Waals surface area contributed by atoms with E-state index < -0.39 is 23.3 Å². The molecule has 2 fully saturated rings. The predicted octanol–water partition coefficient (Wildman–Crippen LogP) is 0.140. The number of amides is 4. The normalized spacial score (nSPS) is 24.5. The zero-order chi connectivity index (χ0) is 14.0. The van der Waals surface area contributed by atoms with E-state index in [9.17, 15) is 14.4 Å². The lowest BCUT2D eigenvalue weighted by Crippen LogP contribution is -2.62. The highest BCUT2D eigenvalue weighted by molar-refractivity contribution is 7.99. The van der Waals surface area contributed by atoms with E-state index in [0.717, 1.165) is 29.5 Å². The fourth-order valence-electron chi connectivity index (χ4n) is 2.12. The van der Waals surface area contributed by atoms with Gasteiger partial charge in [-0.3, -0.25) is 24.7 Å². The van der Waals surface area contributed by atoms with E-state index >= 15 is 0 Å². The van der Waals surface area contributed by atoms with Gasteiger partial charge in [0.1, 0.15) is 5.41 Å². The van der Waals surface area contributed by atoms with Gasteiger partial charge in [-0.2, -0.15) is 11.8 Å². The van der Waals surface area contributed by atoms with Crippen LogP contribution in [-0.4, -0.2) is 65.3 Å². The van der Waals surface area contributed by atoms with Crippen LogP contribution in [0.15, 0.2) is 0 Å². The summed E-state index contributed by atoms with van der Waals surface area (Å²) in [5, 5.41) is 2.24. The summed E-state index contributed by atoms with van der Waals surface area (Å²) in [6, 6.07) is -0.597. The number of imide groups is 2. The van der Waals surface area contributed by atoms with Crippen LogP contribution in [0, 0.1) is 5.41 Å². The van der Waals surface area contributed by atoms with Crippen LogP contribution >= 0.6 is 11.8 Å². The molecule has 7 heteroatoms. The molecule has 0 aromatic carbocycles. The molecule has 6 nitrogen and oxygen atoms in total. The third-order valence-corrected chi connectivity index (χ3v) is 4.50. The smallest absolute Gasteiger partial charge is 0.300 e. The molecular formula is C12H19N3O3S. The summed E-state index contributed by atoms with van der Waals surface area (Å²) < 4.78 is 0. The van der Waals surface area contributed by atoms with Gasteiger partial charge < -0.3 is 0 Å². The fourth-order valence-corrected chi connectivity index (χ4v) is 3.10. The molecule has 2 aliphatic rings. The Morgan fingerprint density at radius 2 is 1.79 bits per heavy atom. The van der Waals surface area contributed by atoms with Crippen LogP contribution in [0.5, 0.6) is 0 Å². The first-order valence-electron chi connectivity index (χ1n) is 6.40. The molecular weight excluding hydrogens is 266 g/mol. The summed E-state index contributed by atoms with van der Waals surface area (Å²) in [4.78, 5) is 38.9.